The van der Waals surface area contributed by atoms with Crippen molar-refractivity contribution >= 4 is 5.91 Å². The topological polar surface area (TPSA) is 67.6 Å². The molecule has 0 bridgehead atoms. The molecule has 1 aromatic rings. The fourth-order valence-electron chi connectivity index (χ4n) is 1.98. The number of amides is 1. The average molecular weight is 279 g/mol. The molecule has 0 aliphatic rings. The van der Waals surface area contributed by atoms with Crippen molar-refractivity contribution in [3.63, 3.8) is 0 Å². The van der Waals surface area contributed by atoms with Crippen LogP contribution in [0, 0.1) is 0 Å². The maximum absolute atomic E-state index is 11.8. The van der Waals surface area contributed by atoms with E-state index in [2.05, 4.69) is 16.3 Å². The van der Waals surface area contributed by atoms with Crippen LogP contribution in [0.15, 0.2) is 24.3 Å². The highest BCUT2D eigenvalue weighted by molar-refractivity contribution is 5.77. The summed E-state index contributed by atoms with van der Waals surface area (Å²) in [5, 5.41) is 2.83. The molecule has 5 nitrogen and oxygen atoms in total. The first kappa shape index (κ1) is 16.6. The number of nitrogens with one attached hydrogen (secondary N) is 1. The Morgan fingerprint density at radius 3 is 2.65 bits per heavy atom. The van der Waals surface area contributed by atoms with E-state index in [0.717, 1.165) is 18.7 Å². The first-order valence-electron chi connectivity index (χ1n) is 6.96. The van der Waals surface area contributed by atoms with Gasteiger partial charge in [-0.05, 0) is 17.7 Å². The summed E-state index contributed by atoms with van der Waals surface area (Å²) in [4.78, 5) is 13.9. The van der Waals surface area contributed by atoms with Crippen LogP contribution in [0.25, 0.3) is 0 Å². The highest BCUT2D eigenvalue weighted by Gasteiger charge is 2.10. The molecule has 20 heavy (non-hydrogen) atoms. The summed E-state index contributed by atoms with van der Waals surface area (Å²) >= 11 is 0. The lowest BCUT2D eigenvalue weighted by atomic mass is 10.1. The van der Waals surface area contributed by atoms with Crippen LogP contribution in [0.2, 0.25) is 0 Å². The highest BCUT2D eigenvalue weighted by Crippen LogP contribution is 2.10. The van der Waals surface area contributed by atoms with Crippen molar-refractivity contribution in [3.8, 4) is 0 Å². The number of ether oxygens (including phenoxy) is 1. The van der Waals surface area contributed by atoms with Gasteiger partial charge in [0.25, 0.3) is 0 Å². The molecule has 1 rings (SSSR count). The Bertz CT molecular complexity index is 410. The molecule has 1 amide bonds. The van der Waals surface area contributed by atoms with Gasteiger partial charge < -0.3 is 15.8 Å². The molecule has 1 aromatic carbocycles. The van der Waals surface area contributed by atoms with Gasteiger partial charge in [0.1, 0.15) is 0 Å². The van der Waals surface area contributed by atoms with E-state index in [-0.39, 0.29) is 5.91 Å². The molecule has 0 saturated carbocycles. The maximum atomic E-state index is 11.8. The lowest BCUT2D eigenvalue weighted by Gasteiger charge is -2.21. The van der Waals surface area contributed by atoms with Gasteiger partial charge in [-0.25, -0.2) is 0 Å². The summed E-state index contributed by atoms with van der Waals surface area (Å²) in [6, 6.07) is 8.08. The van der Waals surface area contributed by atoms with E-state index in [1.807, 2.05) is 25.1 Å². The highest BCUT2D eigenvalue weighted by atomic mass is 16.5. The Labute approximate surface area is 121 Å². The van der Waals surface area contributed by atoms with Crippen LogP contribution in [-0.2, 0) is 22.6 Å². The van der Waals surface area contributed by atoms with Gasteiger partial charge in [-0.15, -0.1) is 0 Å². The smallest absolute Gasteiger partial charge is 0.234 e. The van der Waals surface area contributed by atoms with Gasteiger partial charge in [-0.3, -0.25) is 9.69 Å². The summed E-state index contributed by atoms with van der Waals surface area (Å²) in [7, 11) is 1.62. The van der Waals surface area contributed by atoms with Gasteiger partial charge in [0.2, 0.25) is 5.91 Å². The van der Waals surface area contributed by atoms with Gasteiger partial charge >= 0.3 is 0 Å². The number of likely N-dealkylation sites (N-methyl/N-ethyl adjacent to an activating group) is 1. The van der Waals surface area contributed by atoms with Crippen LogP contribution in [-0.4, -0.2) is 44.2 Å². The maximum Gasteiger partial charge on any atom is 0.234 e. The molecule has 0 heterocycles. The molecule has 0 fully saturated rings. The van der Waals surface area contributed by atoms with Crippen molar-refractivity contribution in [1.29, 1.82) is 0 Å². The predicted octanol–water partition coefficient (Wildman–Crippen LogP) is 0.730. The molecular weight excluding hydrogens is 254 g/mol. The van der Waals surface area contributed by atoms with E-state index in [1.54, 1.807) is 7.11 Å². The summed E-state index contributed by atoms with van der Waals surface area (Å²) in [6.45, 7) is 5.60. The second-order valence-electron chi connectivity index (χ2n) is 4.62. The molecule has 0 saturated heterocycles. The third-order valence-electron chi connectivity index (χ3n) is 3.18. The number of methoxy groups -OCH3 is 1. The van der Waals surface area contributed by atoms with Crippen LogP contribution in [0.3, 0.4) is 0 Å². The lowest BCUT2D eigenvalue weighted by molar-refractivity contribution is -0.122. The number of rotatable bonds is 9. The molecule has 112 valence electrons. The second-order valence-corrected chi connectivity index (χ2v) is 4.62. The van der Waals surface area contributed by atoms with E-state index in [0.29, 0.717) is 26.2 Å². The van der Waals surface area contributed by atoms with Crippen molar-refractivity contribution in [2.24, 2.45) is 5.73 Å². The van der Waals surface area contributed by atoms with E-state index in [9.17, 15) is 4.79 Å². The Morgan fingerprint density at radius 1 is 1.35 bits per heavy atom. The summed E-state index contributed by atoms with van der Waals surface area (Å²) < 4.78 is 4.91. The number of hydrogen-bond acceptors (Lipinski definition) is 4. The van der Waals surface area contributed by atoms with Crippen molar-refractivity contribution < 1.29 is 9.53 Å². The number of carbonyl (C=O) groups excluding carboxylic acids is 1. The third-order valence-corrected chi connectivity index (χ3v) is 3.18. The number of hydrogen-bond donors (Lipinski definition) is 2. The lowest BCUT2D eigenvalue weighted by Crippen LogP contribution is -2.38. The summed E-state index contributed by atoms with van der Waals surface area (Å²) in [5.74, 6) is 0.0223. The normalized spacial score (nSPS) is 10.8. The van der Waals surface area contributed by atoms with Crippen molar-refractivity contribution in [2.75, 3.05) is 33.4 Å². The Kier molecular flexibility index (Phi) is 7.87. The third kappa shape index (κ3) is 5.69. The summed E-state index contributed by atoms with van der Waals surface area (Å²) in [6.07, 6.45) is 0. The molecule has 0 aliphatic carbocycles. The number of carbonyl (C=O) groups is 1. The standard InChI is InChI=1S/C15H25N3O2/c1-3-18(12-15(19)17-8-9-20-2)11-14-7-5-4-6-13(14)10-16/h4-7H,3,8-12,16H2,1-2H3,(H,17,19). The van der Waals surface area contributed by atoms with E-state index in [4.69, 9.17) is 10.5 Å². The minimum absolute atomic E-state index is 0.0223. The minimum atomic E-state index is 0.0223. The molecule has 0 aliphatic heterocycles. The fourth-order valence-corrected chi connectivity index (χ4v) is 1.98. The van der Waals surface area contributed by atoms with Gasteiger partial charge in [0.05, 0.1) is 13.2 Å². The van der Waals surface area contributed by atoms with Gasteiger partial charge in [-0.2, -0.15) is 0 Å². The van der Waals surface area contributed by atoms with Crippen molar-refractivity contribution in [2.45, 2.75) is 20.0 Å². The zero-order valence-corrected chi connectivity index (χ0v) is 12.4. The number of nitrogens with two attached hydrogens (primary N) is 1. The van der Waals surface area contributed by atoms with Gasteiger partial charge in [0.15, 0.2) is 0 Å². The SMILES string of the molecule is CCN(CC(=O)NCCOC)Cc1ccccc1CN. The van der Waals surface area contributed by atoms with Crippen LogP contribution < -0.4 is 11.1 Å². The van der Waals surface area contributed by atoms with E-state index in [1.165, 1.54) is 5.56 Å². The number of benzene rings is 1. The van der Waals surface area contributed by atoms with Crippen molar-refractivity contribution in [3.05, 3.63) is 35.4 Å². The van der Waals surface area contributed by atoms with Gasteiger partial charge in [-0.1, -0.05) is 31.2 Å². The van der Waals surface area contributed by atoms with Crippen LogP contribution in [0.5, 0.6) is 0 Å². The van der Waals surface area contributed by atoms with Gasteiger partial charge in [0, 0.05) is 26.7 Å². The Balaban J connectivity index is 2.52. The van der Waals surface area contributed by atoms with Crippen LogP contribution in [0.1, 0.15) is 18.1 Å². The first-order valence-corrected chi connectivity index (χ1v) is 6.96. The largest absolute Gasteiger partial charge is 0.383 e. The molecule has 0 atom stereocenters. The molecule has 0 unspecified atom stereocenters. The number of nitrogens with zero attached hydrogens (tertiary/aromatic N) is 1. The molecule has 0 spiro atoms. The molecular formula is C15H25N3O2. The Morgan fingerprint density at radius 2 is 2.05 bits per heavy atom. The Hall–Kier alpha value is -1.43. The monoisotopic (exact) mass is 279 g/mol. The zero-order chi connectivity index (χ0) is 14.8. The van der Waals surface area contributed by atoms with Crippen LogP contribution >= 0.6 is 0 Å². The van der Waals surface area contributed by atoms with E-state index >= 15 is 0 Å². The molecule has 0 radical (unpaired) electrons. The zero-order valence-electron chi connectivity index (χ0n) is 12.4. The average Bonchev–Trinajstić information content (AvgIpc) is 2.47. The fraction of sp³-hybridized carbons (Fsp3) is 0.533. The molecule has 0 aromatic heterocycles. The minimum Gasteiger partial charge on any atom is -0.383 e. The summed E-state index contributed by atoms with van der Waals surface area (Å²) in [5.41, 5.74) is 8.05. The van der Waals surface area contributed by atoms with Crippen LogP contribution in [0.4, 0.5) is 0 Å². The molecule has 3 N–H and O–H groups in total. The second kappa shape index (κ2) is 9.47. The first-order chi connectivity index (χ1) is 9.71. The quantitative estimate of drug-likeness (QED) is 0.654. The van der Waals surface area contributed by atoms with E-state index < -0.39 is 0 Å². The predicted molar refractivity (Wildman–Crippen MR) is 80.2 cm³/mol. The van der Waals surface area contributed by atoms with Crippen molar-refractivity contribution in [1.82, 2.24) is 10.2 Å². The molecule has 5 heteroatoms.